The predicted octanol–water partition coefficient (Wildman–Crippen LogP) is 4.06. The standard InChI is InChI=1S/C10H9Br2N/c11-9-4-5-10(12)8(7-9)3-1-2-6-13/h4-5,7H,1-3H2. The lowest BCUT2D eigenvalue weighted by Gasteiger charge is -2.02. The third-order valence-electron chi connectivity index (χ3n) is 1.74. The lowest BCUT2D eigenvalue weighted by molar-refractivity contribution is 0.847. The Hall–Kier alpha value is -0.330. The highest BCUT2D eigenvalue weighted by Crippen LogP contribution is 2.22. The Morgan fingerprint density at radius 2 is 2.08 bits per heavy atom. The molecule has 0 fully saturated rings. The van der Waals surface area contributed by atoms with Crippen molar-refractivity contribution in [1.82, 2.24) is 0 Å². The summed E-state index contributed by atoms with van der Waals surface area (Å²) >= 11 is 6.90. The van der Waals surface area contributed by atoms with Crippen LogP contribution in [0.2, 0.25) is 0 Å². The van der Waals surface area contributed by atoms with Gasteiger partial charge in [-0.05, 0) is 36.6 Å². The summed E-state index contributed by atoms with van der Waals surface area (Å²) in [6.07, 6.45) is 2.50. The zero-order valence-electron chi connectivity index (χ0n) is 7.06. The van der Waals surface area contributed by atoms with Crippen LogP contribution in [-0.2, 0) is 6.42 Å². The molecule has 3 heteroatoms. The molecule has 0 N–H and O–H groups in total. The van der Waals surface area contributed by atoms with E-state index in [1.165, 1.54) is 5.56 Å². The highest BCUT2D eigenvalue weighted by atomic mass is 79.9. The molecule has 0 aliphatic heterocycles. The number of aryl methyl sites for hydroxylation is 1. The minimum Gasteiger partial charge on any atom is -0.198 e. The van der Waals surface area contributed by atoms with Crippen LogP contribution in [0.3, 0.4) is 0 Å². The van der Waals surface area contributed by atoms with Gasteiger partial charge in [0.2, 0.25) is 0 Å². The van der Waals surface area contributed by atoms with Gasteiger partial charge >= 0.3 is 0 Å². The van der Waals surface area contributed by atoms with Gasteiger partial charge in [-0.25, -0.2) is 0 Å². The van der Waals surface area contributed by atoms with Crippen LogP contribution in [0.25, 0.3) is 0 Å². The van der Waals surface area contributed by atoms with E-state index in [0.717, 1.165) is 21.8 Å². The van der Waals surface area contributed by atoms with Crippen LogP contribution in [0.5, 0.6) is 0 Å². The van der Waals surface area contributed by atoms with Gasteiger partial charge in [0.25, 0.3) is 0 Å². The number of hydrogen-bond donors (Lipinski definition) is 0. The van der Waals surface area contributed by atoms with Gasteiger partial charge in [-0.3, -0.25) is 0 Å². The van der Waals surface area contributed by atoms with Gasteiger partial charge in [-0.1, -0.05) is 31.9 Å². The van der Waals surface area contributed by atoms with Crippen LogP contribution in [0.15, 0.2) is 27.1 Å². The average molecular weight is 303 g/mol. The fraction of sp³-hybridized carbons (Fsp3) is 0.300. The summed E-state index contributed by atoms with van der Waals surface area (Å²) in [7, 11) is 0. The number of nitriles is 1. The van der Waals surface area contributed by atoms with Crippen LogP contribution in [0.4, 0.5) is 0 Å². The Bertz CT molecular complexity index is 328. The summed E-state index contributed by atoms with van der Waals surface area (Å²) in [5.41, 5.74) is 1.25. The Kier molecular flexibility index (Phi) is 4.47. The fourth-order valence-corrected chi connectivity index (χ4v) is 1.95. The molecule has 0 saturated carbocycles. The second-order valence-corrected chi connectivity index (χ2v) is 4.52. The number of halogens is 2. The summed E-state index contributed by atoms with van der Waals surface area (Å²) in [5.74, 6) is 0. The zero-order chi connectivity index (χ0) is 9.68. The van der Waals surface area contributed by atoms with E-state index >= 15 is 0 Å². The SMILES string of the molecule is N#CCCCc1cc(Br)ccc1Br. The van der Waals surface area contributed by atoms with Crippen molar-refractivity contribution in [3.63, 3.8) is 0 Å². The molecule has 0 aliphatic rings. The topological polar surface area (TPSA) is 23.8 Å². The van der Waals surface area contributed by atoms with E-state index < -0.39 is 0 Å². The normalized spacial score (nSPS) is 9.62. The molecule has 1 aromatic carbocycles. The molecule has 0 spiro atoms. The minimum absolute atomic E-state index is 0.624. The lowest BCUT2D eigenvalue weighted by atomic mass is 10.1. The van der Waals surface area contributed by atoms with E-state index in [2.05, 4.69) is 44.0 Å². The molecule has 1 aromatic rings. The Balaban J connectivity index is 2.65. The van der Waals surface area contributed by atoms with Gasteiger partial charge in [0.05, 0.1) is 6.07 Å². The van der Waals surface area contributed by atoms with E-state index in [4.69, 9.17) is 5.26 Å². The van der Waals surface area contributed by atoms with Crippen molar-refractivity contribution >= 4 is 31.9 Å². The molecular formula is C10H9Br2N. The Labute approximate surface area is 95.0 Å². The smallest absolute Gasteiger partial charge is 0.0621 e. The molecule has 13 heavy (non-hydrogen) atoms. The first-order valence-electron chi connectivity index (χ1n) is 4.05. The molecule has 0 aliphatic carbocycles. The van der Waals surface area contributed by atoms with Crippen LogP contribution < -0.4 is 0 Å². The Morgan fingerprint density at radius 1 is 1.31 bits per heavy atom. The van der Waals surface area contributed by atoms with E-state index in [0.29, 0.717) is 6.42 Å². The molecule has 0 aromatic heterocycles. The zero-order valence-corrected chi connectivity index (χ0v) is 10.2. The first-order chi connectivity index (χ1) is 6.24. The van der Waals surface area contributed by atoms with Crippen LogP contribution in [-0.4, -0.2) is 0 Å². The van der Waals surface area contributed by atoms with Crippen molar-refractivity contribution in [3.05, 3.63) is 32.7 Å². The predicted molar refractivity (Wildman–Crippen MR) is 60.4 cm³/mol. The molecule has 0 bridgehead atoms. The van der Waals surface area contributed by atoms with Crippen LogP contribution in [0, 0.1) is 11.3 Å². The number of nitrogens with zero attached hydrogens (tertiary/aromatic N) is 1. The summed E-state index contributed by atoms with van der Waals surface area (Å²) in [4.78, 5) is 0. The summed E-state index contributed by atoms with van der Waals surface area (Å²) in [6.45, 7) is 0. The quantitative estimate of drug-likeness (QED) is 0.773. The average Bonchev–Trinajstić information content (AvgIpc) is 2.11. The van der Waals surface area contributed by atoms with Gasteiger partial charge in [0, 0.05) is 15.4 Å². The minimum atomic E-state index is 0.624. The maximum absolute atomic E-state index is 8.40. The molecule has 0 saturated heterocycles. The van der Waals surface area contributed by atoms with E-state index in [-0.39, 0.29) is 0 Å². The fourth-order valence-electron chi connectivity index (χ4n) is 1.09. The number of hydrogen-bond acceptors (Lipinski definition) is 1. The summed E-state index contributed by atoms with van der Waals surface area (Å²) in [6, 6.07) is 8.25. The van der Waals surface area contributed by atoms with Crippen molar-refractivity contribution in [2.75, 3.05) is 0 Å². The van der Waals surface area contributed by atoms with Crippen molar-refractivity contribution in [2.24, 2.45) is 0 Å². The van der Waals surface area contributed by atoms with E-state index in [1.807, 2.05) is 12.1 Å². The van der Waals surface area contributed by atoms with Crippen LogP contribution >= 0.6 is 31.9 Å². The summed E-state index contributed by atoms with van der Waals surface area (Å²) < 4.78 is 2.20. The maximum Gasteiger partial charge on any atom is 0.0621 e. The first-order valence-corrected chi connectivity index (χ1v) is 5.63. The first kappa shape index (κ1) is 10.7. The number of unbranched alkanes of at least 4 members (excludes halogenated alkanes) is 1. The number of benzene rings is 1. The van der Waals surface area contributed by atoms with Crippen molar-refractivity contribution in [3.8, 4) is 6.07 Å². The maximum atomic E-state index is 8.40. The van der Waals surface area contributed by atoms with E-state index in [9.17, 15) is 0 Å². The highest BCUT2D eigenvalue weighted by molar-refractivity contribution is 9.11. The summed E-state index contributed by atoms with van der Waals surface area (Å²) in [5, 5.41) is 8.40. The molecule has 1 rings (SSSR count). The molecule has 0 heterocycles. The van der Waals surface area contributed by atoms with Crippen molar-refractivity contribution in [1.29, 1.82) is 5.26 Å². The monoisotopic (exact) mass is 301 g/mol. The van der Waals surface area contributed by atoms with Gasteiger partial charge in [-0.15, -0.1) is 0 Å². The highest BCUT2D eigenvalue weighted by Gasteiger charge is 1.99. The Morgan fingerprint density at radius 3 is 2.77 bits per heavy atom. The van der Waals surface area contributed by atoms with Crippen molar-refractivity contribution < 1.29 is 0 Å². The number of rotatable bonds is 3. The van der Waals surface area contributed by atoms with Gasteiger partial charge < -0.3 is 0 Å². The molecule has 0 unspecified atom stereocenters. The molecule has 1 nitrogen and oxygen atoms in total. The van der Waals surface area contributed by atoms with Gasteiger partial charge in [0.1, 0.15) is 0 Å². The van der Waals surface area contributed by atoms with Crippen LogP contribution in [0.1, 0.15) is 18.4 Å². The third-order valence-corrected chi connectivity index (χ3v) is 3.01. The third kappa shape index (κ3) is 3.50. The molecule has 68 valence electrons. The molecule has 0 atom stereocenters. The second-order valence-electron chi connectivity index (χ2n) is 2.75. The van der Waals surface area contributed by atoms with Crippen molar-refractivity contribution in [2.45, 2.75) is 19.3 Å². The van der Waals surface area contributed by atoms with Gasteiger partial charge in [-0.2, -0.15) is 5.26 Å². The molecule has 0 radical (unpaired) electrons. The molecule has 0 amide bonds. The second kappa shape index (κ2) is 5.41. The largest absolute Gasteiger partial charge is 0.198 e. The van der Waals surface area contributed by atoms with E-state index in [1.54, 1.807) is 0 Å². The lowest BCUT2D eigenvalue weighted by Crippen LogP contribution is -1.86. The molecular weight excluding hydrogens is 294 g/mol. The van der Waals surface area contributed by atoms with Gasteiger partial charge in [0.15, 0.2) is 0 Å².